The molecule has 4 heteroatoms. The molecule has 0 saturated heterocycles. The van der Waals surface area contributed by atoms with Crippen LogP contribution in [0.5, 0.6) is 0 Å². The normalized spacial score (nSPS) is 16.0. The summed E-state index contributed by atoms with van der Waals surface area (Å²) in [5, 5.41) is 0. The lowest BCUT2D eigenvalue weighted by Gasteiger charge is -2.19. The van der Waals surface area contributed by atoms with Gasteiger partial charge in [0.05, 0.1) is 7.11 Å². The van der Waals surface area contributed by atoms with Crippen molar-refractivity contribution in [1.29, 1.82) is 0 Å². The fraction of sp³-hybridized carbons (Fsp3) is 0.833. The smallest absolute Gasteiger partial charge is 0.326 e. The lowest BCUT2D eigenvalue weighted by atomic mass is 10.1. The molecular formula is C6H13NO2S. The van der Waals surface area contributed by atoms with Crippen LogP contribution >= 0.6 is 11.8 Å². The minimum Gasteiger partial charge on any atom is -0.468 e. The second-order valence-electron chi connectivity index (χ2n) is 2.34. The van der Waals surface area contributed by atoms with Gasteiger partial charge < -0.3 is 10.5 Å². The van der Waals surface area contributed by atoms with Gasteiger partial charge in [0.15, 0.2) is 0 Å². The summed E-state index contributed by atoms with van der Waals surface area (Å²) >= 11 is 1.53. The van der Waals surface area contributed by atoms with Gasteiger partial charge >= 0.3 is 5.97 Å². The molecule has 0 saturated carbocycles. The number of ether oxygens (including phenoxy) is 1. The monoisotopic (exact) mass is 163 g/mol. The number of carbonyl (C=O) groups is 1. The van der Waals surface area contributed by atoms with Gasteiger partial charge in [0, 0.05) is 5.75 Å². The molecule has 0 amide bonds. The Morgan fingerprint density at radius 1 is 1.80 bits per heavy atom. The van der Waals surface area contributed by atoms with E-state index in [1.54, 1.807) is 6.92 Å². The van der Waals surface area contributed by atoms with Gasteiger partial charge in [-0.15, -0.1) is 0 Å². The minimum absolute atomic E-state index is 0.359. The molecule has 0 spiro atoms. The van der Waals surface area contributed by atoms with E-state index in [0.29, 0.717) is 5.75 Å². The van der Waals surface area contributed by atoms with Crippen molar-refractivity contribution in [3.8, 4) is 0 Å². The number of esters is 1. The van der Waals surface area contributed by atoms with Crippen LogP contribution < -0.4 is 5.73 Å². The number of rotatable bonds is 3. The first kappa shape index (κ1) is 9.78. The van der Waals surface area contributed by atoms with E-state index >= 15 is 0 Å². The third-order valence-corrected chi connectivity index (χ3v) is 1.98. The molecule has 2 N–H and O–H groups in total. The van der Waals surface area contributed by atoms with Crippen LogP contribution in [-0.2, 0) is 9.53 Å². The molecule has 0 aliphatic rings. The molecule has 10 heavy (non-hydrogen) atoms. The van der Waals surface area contributed by atoms with Crippen molar-refractivity contribution >= 4 is 17.7 Å². The van der Waals surface area contributed by atoms with Gasteiger partial charge in [0.25, 0.3) is 0 Å². The van der Waals surface area contributed by atoms with Crippen LogP contribution in [0.2, 0.25) is 0 Å². The second-order valence-corrected chi connectivity index (χ2v) is 3.21. The van der Waals surface area contributed by atoms with E-state index in [9.17, 15) is 4.79 Å². The standard InChI is InChI=1S/C6H13NO2S/c1-6(7,4-10-3)5(8)9-2/h4,7H2,1-3H3. The van der Waals surface area contributed by atoms with Crippen LogP contribution in [-0.4, -0.2) is 30.6 Å². The molecular weight excluding hydrogens is 150 g/mol. The van der Waals surface area contributed by atoms with Crippen molar-refractivity contribution in [3.05, 3.63) is 0 Å². The highest BCUT2D eigenvalue weighted by Gasteiger charge is 2.28. The molecule has 0 fully saturated rings. The first-order chi connectivity index (χ1) is 4.54. The van der Waals surface area contributed by atoms with E-state index in [2.05, 4.69) is 4.74 Å². The summed E-state index contributed by atoms with van der Waals surface area (Å²) < 4.78 is 4.49. The van der Waals surface area contributed by atoms with Crippen molar-refractivity contribution < 1.29 is 9.53 Å². The zero-order chi connectivity index (χ0) is 8.20. The lowest BCUT2D eigenvalue weighted by Crippen LogP contribution is -2.48. The SMILES string of the molecule is COC(=O)C(C)(N)CSC. The van der Waals surface area contributed by atoms with Gasteiger partial charge in [0.1, 0.15) is 5.54 Å². The molecule has 60 valence electrons. The van der Waals surface area contributed by atoms with E-state index in [4.69, 9.17) is 5.73 Å². The summed E-state index contributed by atoms with van der Waals surface area (Å²) in [6.07, 6.45) is 1.90. The Morgan fingerprint density at radius 3 is 2.60 bits per heavy atom. The van der Waals surface area contributed by atoms with Crippen molar-refractivity contribution in [1.82, 2.24) is 0 Å². The predicted octanol–water partition coefficient (Wildman–Crippen LogP) is 0.240. The molecule has 1 atom stereocenters. The highest BCUT2D eigenvalue weighted by atomic mass is 32.2. The third kappa shape index (κ3) is 2.58. The summed E-state index contributed by atoms with van der Waals surface area (Å²) in [4.78, 5) is 10.9. The first-order valence-electron chi connectivity index (χ1n) is 2.91. The van der Waals surface area contributed by atoms with Crippen LogP contribution in [0.4, 0.5) is 0 Å². The molecule has 0 rings (SSSR count). The molecule has 0 aliphatic carbocycles. The zero-order valence-electron chi connectivity index (χ0n) is 6.51. The Balaban J connectivity index is 3.96. The summed E-state index contributed by atoms with van der Waals surface area (Å²) in [6.45, 7) is 1.66. The van der Waals surface area contributed by atoms with Gasteiger partial charge in [-0.2, -0.15) is 11.8 Å². The number of methoxy groups -OCH3 is 1. The predicted molar refractivity (Wildman–Crippen MR) is 43.0 cm³/mol. The summed E-state index contributed by atoms with van der Waals surface area (Å²) in [7, 11) is 1.34. The summed E-state index contributed by atoms with van der Waals surface area (Å²) in [5.41, 5.74) is 4.75. The number of hydrogen-bond acceptors (Lipinski definition) is 4. The Bertz CT molecular complexity index is 125. The zero-order valence-corrected chi connectivity index (χ0v) is 7.33. The van der Waals surface area contributed by atoms with E-state index in [-0.39, 0.29) is 5.97 Å². The maximum absolute atomic E-state index is 10.9. The Morgan fingerprint density at radius 2 is 2.30 bits per heavy atom. The van der Waals surface area contributed by atoms with Crippen LogP contribution in [0, 0.1) is 0 Å². The van der Waals surface area contributed by atoms with Crippen molar-refractivity contribution in [3.63, 3.8) is 0 Å². The highest BCUT2D eigenvalue weighted by Crippen LogP contribution is 2.08. The van der Waals surface area contributed by atoms with Crippen molar-refractivity contribution in [2.45, 2.75) is 12.5 Å². The second kappa shape index (κ2) is 3.83. The summed E-state index contributed by atoms with van der Waals surface area (Å²) in [6, 6.07) is 0. The van der Waals surface area contributed by atoms with Crippen LogP contribution in [0.15, 0.2) is 0 Å². The number of hydrogen-bond donors (Lipinski definition) is 1. The Kier molecular flexibility index (Phi) is 3.75. The van der Waals surface area contributed by atoms with Gasteiger partial charge in [-0.25, -0.2) is 0 Å². The molecule has 0 aromatic carbocycles. The quantitative estimate of drug-likeness (QED) is 0.605. The maximum atomic E-state index is 10.9. The average Bonchev–Trinajstić information content (AvgIpc) is 1.86. The lowest BCUT2D eigenvalue weighted by molar-refractivity contribution is -0.145. The van der Waals surface area contributed by atoms with Crippen LogP contribution in [0.3, 0.4) is 0 Å². The van der Waals surface area contributed by atoms with E-state index in [1.807, 2.05) is 6.26 Å². The molecule has 0 bridgehead atoms. The van der Waals surface area contributed by atoms with Gasteiger partial charge in [-0.05, 0) is 13.2 Å². The van der Waals surface area contributed by atoms with E-state index < -0.39 is 5.54 Å². The molecule has 0 aromatic rings. The average molecular weight is 163 g/mol. The van der Waals surface area contributed by atoms with E-state index in [0.717, 1.165) is 0 Å². The first-order valence-corrected chi connectivity index (χ1v) is 4.30. The minimum atomic E-state index is -0.839. The molecule has 0 heterocycles. The topological polar surface area (TPSA) is 52.3 Å². The van der Waals surface area contributed by atoms with Crippen molar-refractivity contribution in [2.75, 3.05) is 19.1 Å². The largest absolute Gasteiger partial charge is 0.468 e. The fourth-order valence-corrected chi connectivity index (χ4v) is 1.31. The third-order valence-electron chi connectivity index (χ3n) is 1.10. The highest BCUT2D eigenvalue weighted by molar-refractivity contribution is 7.98. The molecule has 3 nitrogen and oxygen atoms in total. The Hall–Kier alpha value is -0.220. The summed E-state index contributed by atoms with van der Waals surface area (Å²) in [5.74, 6) is 0.224. The number of nitrogens with two attached hydrogens (primary N) is 1. The van der Waals surface area contributed by atoms with Gasteiger partial charge in [-0.1, -0.05) is 0 Å². The maximum Gasteiger partial charge on any atom is 0.326 e. The number of carbonyl (C=O) groups excluding carboxylic acids is 1. The van der Waals surface area contributed by atoms with Crippen molar-refractivity contribution in [2.24, 2.45) is 5.73 Å². The molecule has 0 aromatic heterocycles. The fourth-order valence-electron chi connectivity index (χ4n) is 0.592. The molecule has 0 radical (unpaired) electrons. The number of thioether (sulfide) groups is 1. The Labute approximate surface area is 65.3 Å². The molecule has 0 aliphatic heterocycles. The van der Waals surface area contributed by atoms with Crippen LogP contribution in [0.1, 0.15) is 6.92 Å². The van der Waals surface area contributed by atoms with Gasteiger partial charge in [0.2, 0.25) is 0 Å². The van der Waals surface area contributed by atoms with Gasteiger partial charge in [-0.3, -0.25) is 4.79 Å². The molecule has 1 unspecified atom stereocenters. The van der Waals surface area contributed by atoms with E-state index in [1.165, 1.54) is 18.9 Å². The van der Waals surface area contributed by atoms with Crippen LogP contribution in [0.25, 0.3) is 0 Å².